The Bertz CT molecular complexity index is 153. The van der Waals surface area contributed by atoms with Crippen molar-refractivity contribution in [2.45, 2.75) is 45.4 Å². The zero-order valence-electron chi connectivity index (χ0n) is 8.42. The van der Waals surface area contributed by atoms with Crippen molar-refractivity contribution in [3.05, 3.63) is 0 Å². The van der Waals surface area contributed by atoms with E-state index in [1.165, 1.54) is 6.42 Å². The largest absolute Gasteiger partial charge is 0.368 e. The number of carbonyl (C=O) groups is 1. The third-order valence-electron chi connectivity index (χ3n) is 2.28. The SMILES string of the molecule is CCCCC(=O)ON1CCCCC1. The van der Waals surface area contributed by atoms with E-state index in [-0.39, 0.29) is 5.97 Å². The molecule has 0 amide bonds. The van der Waals surface area contributed by atoms with E-state index < -0.39 is 0 Å². The van der Waals surface area contributed by atoms with Gasteiger partial charge in [-0.2, -0.15) is 0 Å². The fraction of sp³-hybridized carbons (Fsp3) is 0.900. The van der Waals surface area contributed by atoms with E-state index in [9.17, 15) is 4.79 Å². The molecule has 0 atom stereocenters. The van der Waals surface area contributed by atoms with Crippen LogP contribution in [0, 0.1) is 0 Å². The zero-order valence-corrected chi connectivity index (χ0v) is 8.42. The predicted octanol–water partition coefficient (Wildman–Crippen LogP) is 2.12. The molecule has 0 unspecified atom stereocenters. The van der Waals surface area contributed by atoms with Crippen LogP contribution in [0.2, 0.25) is 0 Å². The summed E-state index contributed by atoms with van der Waals surface area (Å²) in [4.78, 5) is 16.4. The summed E-state index contributed by atoms with van der Waals surface area (Å²) in [5.74, 6) is -0.0660. The van der Waals surface area contributed by atoms with Gasteiger partial charge >= 0.3 is 5.97 Å². The lowest BCUT2D eigenvalue weighted by atomic mass is 10.2. The van der Waals surface area contributed by atoms with Crippen LogP contribution in [0.25, 0.3) is 0 Å². The summed E-state index contributed by atoms with van der Waals surface area (Å²) < 4.78 is 0. The first-order valence-electron chi connectivity index (χ1n) is 5.28. The van der Waals surface area contributed by atoms with Gasteiger partial charge in [-0.15, -0.1) is 5.06 Å². The van der Waals surface area contributed by atoms with E-state index in [0.29, 0.717) is 6.42 Å². The quantitative estimate of drug-likeness (QED) is 0.672. The van der Waals surface area contributed by atoms with Crippen molar-refractivity contribution in [3.63, 3.8) is 0 Å². The molecule has 0 bridgehead atoms. The molecular formula is C10H19NO2. The van der Waals surface area contributed by atoms with Crippen molar-refractivity contribution in [3.8, 4) is 0 Å². The number of hydrogen-bond acceptors (Lipinski definition) is 3. The molecular weight excluding hydrogens is 166 g/mol. The Balaban J connectivity index is 2.11. The van der Waals surface area contributed by atoms with Gasteiger partial charge in [0.15, 0.2) is 0 Å². The highest BCUT2D eigenvalue weighted by atomic mass is 16.7. The Kier molecular flexibility index (Phi) is 4.83. The molecule has 0 aromatic heterocycles. The molecule has 13 heavy (non-hydrogen) atoms. The van der Waals surface area contributed by atoms with Crippen LogP contribution in [0.3, 0.4) is 0 Å². The average Bonchev–Trinajstić information content (AvgIpc) is 2.16. The lowest BCUT2D eigenvalue weighted by Crippen LogP contribution is -2.32. The summed E-state index contributed by atoms with van der Waals surface area (Å²) in [6.45, 7) is 3.91. The maximum Gasteiger partial charge on any atom is 0.325 e. The van der Waals surface area contributed by atoms with Crippen LogP contribution in [0.1, 0.15) is 45.4 Å². The molecule has 0 spiro atoms. The lowest BCUT2D eigenvalue weighted by Gasteiger charge is -2.24. The fourth-order valence-electron chi connectivity index (χ4n) is 1.47. The normalized spacial score (nSPS) is 18.5. The standard InChI is InChI=1S/C10H19NO2/c1-2-3-7-10(12)13-11-8-5-4-6-9-11/h2-9H2,1H3. The van der Waals surface area contributed by atoms with Gasteiger partial charge in [0.05, 0.1) is 0 Å². The molecule has 0 saturated carbocycles. The highest BCUT2D eigenvalue weighted by Gasteiger charge is 2.14. The van der Waals surface area contributed by atoms with Crippen molar-refractivity contribution >= 4 is 5.97 Å². The predicted molar refractivity (Wildman–Crippen MR) is 51.0 cm³/mol. The molecule has 1 aliphatic rings. The van der Waals surface area contributed by atoms with Gasteiger partial charge in [-0.05, 0) is 19.3 Å². The molecule has 3 heteroatoms. The maximum absolute atomic E-state index is 11.2. The number of carbonyl (C=O) groups excluding carboxylic acids is 1. The molecule has 0 aromatic carbocycles. The average molecular weight is 185 g/mol. The molecule has 0 radical (unpaired) electrons. The van der Waals surface area contributed by atoms with Crippen molar-refractivity contribution in [2.75, 3.05) is 13.1 Å². The van der Waals surface area contributed by atoms with Gasteiger partial charge in [0.2, 0.25) is 0 Å². The van der Waals surface area contributed by atoms with Crippen LogP contribution in [0.15, 0.2) is 0 Å². The van der Waals surface area contributed by atoms with E-state index in [4.69, 9.17) is 4.84 Å². The summed E-state index contributed by atoms with van der Waals surface area (Å²) in [6, 6.07) is 0. The number of hydrogen-bond donors (Lipinski definition) is 0. The van der Waals surface area contributed by atoms with E-state index in [1.54, 1.807) is 0 Å². The monoisotopic (exact) mass is 185 g/mol. The van der Waals surface area contributed by atoms with Gasteiger partial charge < -0.3 is 4.84 Å². The second kappa shape index (κ2) is 5.97. The Morgan fingerprint density at radius 1 is 1.31 bits per heavy atom. The lowest BCUT2D eigenvalue weighted by molar-refractivity contribution is -0.194. The first kappa shape index (κ1) is 10.5. The Morgan fingerprint density at radius 3 is 2.62 bits per heavy atom. The Hall–Kier alpha value is -0.570. The third kappa shape index (κ3) is 4.27. The molecule has 0 aliphatic carbocycles. The fourth-order valence-corrected chi connectivity index (χ4v) is 1.47. The van der Waals surface area contributed by atoms with Crippen LogP contribution in [-0.2, 0) is 9.63 Å². The number of piperidine rings is 1. The number of hydroxylamine groups is 2. The van der Waals surface area contributed by atoms with Crippen LogP contribution in [0.4, 0.5) is 0 Å². The van der Waals surface area contributed by atoms with Gasteiger partial charge in [-0.1, -0.05) is 19.8 Å². The minimum atomic E-state index is -0.0660. The van der Waals surface area contributed by atoms with E-state index in [0.717, 1.165) is 38.8 Å². The van der Waals surface area contributed by atoms with Gasteiger partial charge in [-0.3, -0.25) is 4.79 Å². The van der Waals surface area contributed by atoms with Crippen molar-refractivity contribution in [2.24, 2.45) is 0 Å². The maximum atomic E-state index is 11.2. The Morgan fingerprint density at radius 2 is 2.00 bits per heavy atom. The molecule has 1 saturated heterocycles. The highest BCUT2D eigenvalue weighted by molar-refractivity contribution is 5.68. The first-order chi connectivity index (χ1) is 6.33. The zero-order chi connectivity index (χ0) is 9.52. The van der Waals surface area contributed by atoms with Crippen LogP contribution in [0.5, 0.6) is 0 Å². The minimum Gasteiger partial charge on any atom is -0.368 e. The molecule has 1 rings (SSSR count). The van der Waals surface area contributed by atoms with Crippen LogP contribution < -0.4 is 0 Å². The van der Waals surface area contributed by atoms with Crippen molar-refractivity contribution in [1.82, 2.24) is 5.06 Å². The third-order valence-corrected chi connectivity index (χ3v) is 2.28. The summed E-state index contributed by atoms with van der Waals surface area (Å²) in [5.41, 5.74) is 0. The van der Waals surface area contributed by atoms with Crippen molar-refractivity contribution in [1.29, 1.82) is 0 Å². The van der Waals surface area contributed by atoms with E-state index >= 15 is 0 Å². The van der Waals surface area contributed by atoms with Gasteiger partial charge in [0.25, 0.3) is 0 Å². The number of unbranched alkanes of at least 4 members (excludes halogenated alkanes) is 1. The smallest absolute Gasteiger partial charge is 0.325 e. The summed E-state index contributed by atoms with van der Waals surface area (Å²) in [5, 5.41) is 1.81. The van der Waals surface area contributed by atoms with Crippen molar-refractivity contribution < 1.29 is 9.63 Å². The number of rotatable bonds is 4. The molecule has 0 aromatic rings. The van der Waals surface area contributed by atoms with Crippen LogP contribution >= 0.6 is 0 Å². The topological polar surface area (TPSA) is 29.5 Å². The molecule has 76 valence electrons. The summed E-state index contributed by atoms with van der Waals surface area (Å²) in [7, 11) is 0. The van der Waals surface area contributed by atoms with Gasteiger partial charge in [-0.25, -0.2) is 0 Å². The minimum absolute atomic E-state index is 0.0660. The highest BCUT2D eigenvalue weighted by Crippen LogP contribution is 2.09. The summed E-state index contributed by atoms with van der Waals surface area (Å²) in [6.07, 6.45) is 6.12. The van der Waals surface area contributed by atoms with Gasteiger partial charge in [0.1, 0.15) is 0 Å². The first-order valence-corrected chi connectivity index (χ1v) is 5.28. The molecule has 1 aliphatic heterocycles. The van der Waals surface area contributed by atoms with E-state index in [2.05, 4.69) is 6.92 Å². The molecule has 1 fully saturated rings. The van der Waals surface area contributed by atoms with E-state index in [1.807, 2.05) is 5.06 Å². The second-order valence-electron chi connectivity index (χ2n) is 3.56. The molecule has 0 N–H and O–H groups in total. The second-order valence-corrected chi connectivity index (χ2v) is 3.56. The Labute approximate surface area is 80.0 Å². The van der Waals surface area contributed by atoms with Gasteiger partial charge in [0, 0.05) is 19.5 Å². The molecule has 1 heterocycles. The summed E-state index contributed by atoms with van der Waals surface area (Å²) >= 11 is 0. The number of nitrogens with zero attached hydrogens (tertiary/aromatic N) is 1. The molecule has 3 nitrogen and oxygen atoms in total. The van der Waals surface area contributed by atoms with Crippen LogP contribution in [-0.4, -0.2) is 24.1 Å².